The Morgan fingerprint density at radius 2 is 2.19 bits per heavy atom. The monoisotopic (exact) mass is 306 g/mol. The largest absolute Gasteiger partial charge is 0.491 e. The van der Waals surface area contributed by atoms with Crippen LogP contribution in [0.2, 0.25) is 0 Å². The highest BCUT2D eigenvalue weighted by Crippen LogP contribution is 2.17. The number of likely N-dealkylation sites (N-methyl/N-ethyl adjacent to an activating group) is 1. The van der Waals surface area contributed by atoms with E-state index in [2.05, 4.69) is 9.88 Å². The maximum atomic E-state index is 11.1. The number of carbonyl (C=O) groups is 1. The highest BCUT2D eigenvalue weighted by atomic mass is 32.1. The Morgan fingerprint density at radius 3 is 2.86 bits per heavy atom. The van der Waals surface area contributed by atoms with Crippen molar-refractivity contribution < 1.29 is 14.6 Å². The van der Waals surface area contributed by atoms with Gasteiger partial charge in [-0.3, -0.25) is 4.90 Å². The van der Waals surface area contributed by atoms with E-state index < -0.39 is 5.97 Å². The zero-order chi connectivity index (χ0) is 15.2. The third-order valence-electron chi connectivity index (χ3n) is 2.95. The number of benzene rings is 1. The van der Waals surface area contributed by atoms with Crippen LogP contribution >= 0.6 is 11.3 Å². The number of carboxylic acids is 1. The number of hydrogen-bond acceptors (Lipinski definition) is 5. The van der Waals surface area contributed by atoms with Gasteiger partial charge in [0.15, 0.2) is 0 Å². The number of ether oxygens (including phenoxy) is 1. The van der Waals surface area contributed by atoms with Gasteiger partial charge in [-0.15, -0.1) is 11.3 Å². The minimum atomic E-state index is -0.975. The van der Waals surface area contributed by atoms with Crippen molar-refractivity contribution in [2.45, 2.75) is 13.5 Å². The molecule has 5 nitrogen and oxygen atoms in total. The van der Waals surface area contributed by atoms with Gasteiger partial charge in [0.25, 0.3) is 0 Å². The van der Waals surface area contributed by atoms with E-state index in [-0.39, 0.29) is 5.56 Å². The summed E-state index contributed by atoms with van der Waals surface area (Å²) in [6.07, 6.45) is 0. The highest BCUT2D eigenvalue weighted by molar-refractivity contribution is 7.09. The fourth-order valence-corrected chi connectivity index (χ4v) is 2.52. The third kappa shape index (κ3) is 4.54. The minimum Gasteiger partial charge on any atom is -0.491 e. The molecule has 112 valence electrons. The first-order chi connectivity index (χ1) is 10.1. The molecule has 0 spiro atoms. The van der Waals surface area contributed by atoms with Crippen LogP contribution in [0.25, 0.3) is 0 Å². The Morgan fingerprint density at radius 1 is 1.43 bits per heavy atom. The summed E-state index contributed by atoms with van der Waals surface area (Å²) in [5.74, 6) is -0.570. The maximum absolute atomic E-state index is 11.1. The second kappa shape index (κ2) is 7.19. The molecule has 0 unspecified atom stereocenters. The quantitative estimate of drug-likeness (QED) is 0.852. The molecular formula is C15H18N2O3S. The van der Waals surface area contributed by atoms with Crippen LogP contribution < -0.4 is 4.74 Å². The van der Waals surface area contributed by atoms with Crippen molar-refractivity contribution >= 4 is 17.3 Å². The SMILES string of the molecule is Cc1nc(CN(C)CCOc2ccccc2C(=O)O)cs1. The van der Waals surface area contributed by atoms with Crippen LogP contribution in [-0.2, 0) is 6.54 Å². The van der Waals surface area contributed by atoms with Gasteiger partial charge in [-0.1, -0.05) is 12.1 Å². The van der Waals surface area contributed by atoms with Crippen LogP contribution in [0.5, 0.6) is 5.75 Å². The number of thiazole rings is 1. The van der Waals surface area contributed by atoms with Crippen molar-refractivity contribution in [3.05, 3.63) is 45.9 Å². The molecule has 0 radical (unpaired) electrons. The zero-order valence-electron chi connectivity index (χ0n) is 12.1. The van der Waals surface area contributed by atoms with Crippen LogP contribution in [0.15, 0.2) is 29.6 Å². The summed E-state index contributed by atoms with van der Waals surface area (Å²) in [6, 6.07) is 6.67. The van der Waals surface area contributed by atoms with Crippen LogP contribution in [0.4, 0.5) is 0 Å². The van der Waals surface area contributed by atoms with Crippen LogP contribution in [0.3, 0.4) is 0 Å². The summed E-state index contributed by atoms with van der Waals surface area (Å²) < 4.78 is 5.57. The number of nitrogens with zero attached hydrogens (tertiary/aromatic N) is 2. The molecule has 0 fully saturated rings. The summed E-state index contributed by atoms with van der Waals surface area (Å²) in [7, 11) is 1.99. The van der Waals surface area contributed by atoms with Gasteiger partial charge >= 0.3 is 5.97 Å². The van der Waals surface area contributed by atoms with E-state index in [1.165, 1.54) is 0 Å². The highest BCUT2D eigenvalue weighted by Gasteiger charge is 2.10. The molecule has 6 heteroatoms. The average molecular weight is 306 g/mol. The number of rotatable bonds is 7. The summed E-state index contributed by atoms with van der Waals surface area (Å²) in [5.41, 5.74) is 1.24. The van der Waals surface area contributed by atoms with E-state index in [1.54, 1.807) is 35.6 Å². The summed E-state index contributed by atoms with van der Waals surface area (Å²) in [5, 5.41) is 12.2. The lowest BCUT2D eigenvalue weighted by atomic mass is 10.2. The third-order valence-corrected chi connectivity index (χ3v) is 3.77. The van der Waals surface area contributed by atoms with Gasteiger partial charge in [0, 0.05) is 18.5 Å². The van der Waals surface area contributed by atoms with Gasteiger partial charge < -0.3 is 9.84 Å². The Hall–Kier alpha value is -1.92. The van der Waals surface area contributed by atoms with Crippen molar-refractivity contribution in [3.8, 4) is 5.75 Å². The molecule has 2 aromatic rings. The van der Waals surface area contributed by atoms with E-state index in [0.29, 0.717) is 18.9 Å². The molecule has 0 saturated carbocycles. The van der Waals surface area contributed by atoms with Crippen molar-refractivity contribution in [2.24, 2.45) is 0 Å². The Balaban J connectivity index is 1.83. The van der Waals surface area contributed by atoms with Gasteiger partial charge in [-0.05, 0) is 26.1 Å². The fourth-order valence-electron chi connectivity index (χ4n) is 1.92. The van der Waals surface area contributed by atoms with Crippen molar-refractivity contribution in [2.75, 3.05) is 20.2 Å². The minimum absolute atomic E-state index is 0.190. The van der Waals surface area contributed by atoms with Gasteiger partial charge in [-0.25, -0.2) is 9.78 Å². The molecule has 0 aliphatic carbocycles. The second-order valence-corrected chi connectivity index (χ2v) is 5.81. The molecule has 0 aliphatic heterocycles. The molecule has 2 rings (SSSR count). The van der Waals surface area contributed by atoms with E-state index in [0.717, 1.165) is 17.2 Å². The van der Waals surface area contributed by atoms with Crippen molar-refractivity contribution in [3.63, 3.8) is 0 Å². The van der Waals surface area contributed by atoms with Gasteiger partial charge in [-0.2, -0.15) is 0 Å². The molecule has 0 bridgehead atoms. The van der Waals surface area contributed by atoms with Crippen LogP contribution in [0, 0.1) is 6.92 Å². The first-order valence-corrected chi connectivity index (χ1v) is 7.49. The van der Waals surface area contributed by atoms with Gasteiger partial charge in [0.2, 0.25) is 0 Å². The molecule has 1 aromatic heterocycles. The van der Waals surface area contributed by atoms with E-state index in [1.807, 2.05) is 19.4 Å². The number of para-hydroxylation sites is 1. The smallest absolute Gasteiger partial charge is 0.339 e. The second-order valence-electron chi connectivity index (χ2n) is 4.75. The molecule has 0 atom stereocenters. The van der Waals surface area contributed by atoms with Crippen LogP contribution in [-0.4, -0.2) is 41.2 Å². The number of aromatic nitrogens is 1. The molecule has 0 aliphatic rings. The standard InChI is InChI=1S/C15H18N2O3S/c1-11-16-12(10-21-11)9-17(2)7-8-20-14-6-4-3-5-13(14)15(18)19/h3-6,10H,7-9H2,1-2H3,(H,18,19). The van der Waals surface area contributed by atoms with E-state index in [9.17, 15) is 4.79 Å². The van der Waals surface area contributed by atoms with E-state index >= 15 is 0 Å². The lowest BCUT2D eigenvalue weighted by molar-refractivity contribution is 0.0691. The molecule has 1 N–H and O–H groups in total. The Kier molecular flexibility index (Phi) is 5.30. The number of hydrogen-bond donors (Lipinski definition) is 1. The van der Waals surface area contributed by atoms with Crippen molar-refractivity contribution in [1.29, 1.82) is 0 Å². The first-order valence-electron chi connectivity index (χ1n) is 6.61. The number of carboxylic acid groups (broad SMARTS) is 1. The predicted molar refractivity (Wildman–Crippen MR) is 82.1 cm³/mol. The predicted octanol–water partition coefficient (Wildman–Crippen LogP) is 2.66. The lowest BCUT2D eigenvalue weighted by Crippen LogP contribution is -2.24. The van der Waals surface area contributed by atoms with Crippen LogP contribution in [0.1, 0.15) is 21.1 Å². The van der Waals surface area contributed by atoms with Gasteiger partial charge in [0.1, 0.15) is 17.9 Å². The summed E-state index contributed by atoms with van der Waals surface area (Å²) in [6.45, 7) is 3.88. The topological polar surface area (TPSA) is 62.7 Å². The van der Waals surface area contributed by atoms with E-state index in [4.69, 9.17) is 9.84 Å². The fraction of sp³-hybridized carbons (Fsp3) is 0.333. The first kappa shape index (κ1) is 15.5. The Labute approximate surface area is 127 Å². The molecule has 0 saturated heterocycles. The maximum Gasteiger partial charge on any atom is 0.339 e. The molecule has 0 amide bonds. The summed E-state index contributed by atoms with van der Waals surface area (Å²) >= 11 is 1.64. The average Bonchev–Trinajstić information content (AvgIpc) is 2.84. The van der Waals surface area contributed by atoms with Gasteiger partial charge in [0.05, 0.1) is 10.7 Å². The number of aromatic carboxylic acids is 1. The molecular weight excluding hydrogens is 288 g/mol. The summed E-state index contributed by atoms with van der Waals surface area (Å²) in [4.78, 5) is 17.6. The Bertz CT molecular complexity index is 612. The van der Waals surface area contributed by atoms with Crippen molar-refractivity contribution in [1.82, 2.24) is 9.88 Å². The lowest BCUT2D eigenvalue weighted by Gasteiger charge is -2.16. The number of aryl methyl sites for hydroxylation is 1. The zero-order valence-corrected chi connectivity index (χ0v) is 12.9. The molecule has 1 aromatic carbocycles. The normalized spacial score (nSPS) is 10.8. The molecule has 21 heavy (non-hydrogen) atoms. The molecule has 1 heterocycles.